The van der Waals surface area contributed by atoms with Gasteiger partial charge in [-0.3, -0.25) is 23.9 Å². The topological polar surface area (TPSA) is 170 Å². The summed E-state index contributed by atoms with van der Waals surface area (Å²) in [5.41, 5.74) is -4.07. The predicted molar refractivity (Wildman–Crippen MR) is 139 cm³/mol. The summed E-state index contributed by atoms with van der Waals surface area (Å²) in [7, 11) is 0. The fourth-order valence-electron chi connectivity index (χ4n) is 3.54. The Morgan fingerprint density at radius 1 is 1.16 bits per heavy atom. The maximum absolute atomic E-state index is 15.5. The second kappa shape index (κ2) is 12.9. The molecule has 1 aromatic rings. The number of aromatic amines is 1. The molecule has 1 aliphatic heterocycles. The minimum absolute atomic E-state index is 0.393. The number of carbonyl (C=O) groups excluding carboxylic acids is 2. The molecule has 6 unspecified atom stereocenters. The summed E-state index contributed by atoms with van der Waals surface area (Å²) in [6.07, 6.45) is -4.39. The van der Waals surface area contributed by atoms with Crippen LogP contribution in [0.4, 0.5) is 4.39 Å². The minimum Gasteiger partial charge on any atom is -0.462 e. The fraction of sp³-hybridized carbons (Fsp3) is 0.727. The molecule has 38 heavy (non-hydrogen) atoms. The zero-order valence-corrected chi connectivity index (χ0v) is 24.0. The molecule has 2 heterocycles. The summed E-state index contributed by atoms with van der Waals surface area (Å²) in [4.78, 5) is 50.4. The van der Waals surface area contributed by atoms with Gasteiger partial charge in [-0.25, -0.2) is 19.4 Å². The first-order valence-electron chi connectivity index (χ1n) is 12.0. The van der Waals surface area contributed by atoms with Crippen LogP contribution in [-0.2, 0) is 40.1 Å². The van der Waals surface area contributed by atoms with Gasteiger partial charge in [-0.15, -0.1) is 0 Å². The molecule has 0 amide bonds. The standard InChI is InChI=1S/C22H36FN4O9PS/c1-11(2)34-18(30)13(5)25-37(38,26-14(6)19(31)35-12(3)4)33-10-15-17(29)22(7,23)20(36-15)27-9-8-16(28)24-21(27)32/h8-9,11-15,17,20,29H,10H2,1-7H3,(H,24,28,32)(H2,25,26,38). The van der Waals surface area contributed by atoms with Gasteiger partial charge in [0, 0.05) is 12.3 Å². The number of rotatable bonds is 12. The fourth-order valence-corrected chi connectivity index (χ4v) is 6.48. The lowest BCUT2D eigenvalue weighted by Crippen LogP contribution is -2.45. The second-order valence-electron chi connectivity index (χ2n) is 9.66. The normalized spacial score (nSPS) is 26.7. The molecule has 216 valence electrons. The van der Waals surface area contributed by atoms with Crippen molar-refractivity contribution in [2.75, 3.05) is 6.61 Å². The average molecular weight is 583 g/mol. The van der Waals surface area contributed by atoms with Gasteiger partial charge in [-0.05, 0) is 60.3 Å². The van der Waals surface area contributed by atoms with Crippen LogP contribution in [-0.4, -0.2) is 75.4 Å². The number of hydrogen-bond donors (Lipinski definition) is 4. The van der Waals surface area contributed by atoms with E-state index in [1.165, 1.54) is 13.8 Å². The minimum atomic E-state index is -3.45. The van der Waals surface area contributed by atoms with E-state index in [1.54, 1.807) is 27.7 Å². The Morgan fingerprint density at radius 2 is 1.66 bits per heavy atom. The van der Waals surface area contributed by atoms with Crippen molar-refractivity contribution in [2.45, 2.75) is 96.9 Å². The maximum Gasteiger partial charge on any atom is 0.330 e. The van der Waals surface area contributed by atoms with Gasteiger partial charge in [-0.2, -0.15) is 0 Å². The molecule has 4 N–H and O–H groups in total. The first-order chi connectivity index (χ1) is 17.5. The molecular formula is C22H36FN4O9PS. The molecule has 6 atom stereocenters. The lowest BCUT2D eigenvalue weighted by Gasteiger charge is -2.31. The van der Waals surface area contributed by atoms with Gasteiger partial charge in [-0.1, -0.05) is 0 Å². The molecule has 0 aromatic carbocycles. The summed E-state index contributed by atoms with van der Waals surface area (Å²) in [6, 6.07) is -0.908. The van der Waals surface area contributed by atoms with Gasteiger partial charge in [0.2, 0.25) is 0 Å². The van der Waals surface area contributed by atoms with Crippen molar-refractivity contribution in [1.29, 1.82) is 0 Å². The van der Waals surface area contributed by atoms with Crippen LogP contribution in [0.15, 0.2) is 21.9 Å². The lowest BCUT2D eigenvalue weighted by molar-refractivity contribution is -0.149. The van der Waals surface area contributed by atoms with E-state index in [0.29, 0.717) is 0 Å². The molecule has 0 spiro atoms. The molecule has 0 radical (unpaired) electrons. The molecule has 1 aromatic heterocycles. The SMILES string of the molecule is CC(C)OC(=O)C(C)NP(=S)(NC(C)C(=O)OC(C)C)OCC1OC(n2ccc(=O)[nH]c2=O)C(C)(F)C1O. The van der Waals surface area contributed by atoms with E-state index < -0.39 is 84.8 Å². The number of carbonyl (C=O) groups is 2. The largest absolute Gasteiger partial charge is 0.462 e. The maximum atomic E-state index is 15.5. The van der Waals surface area contributed by atoms with Crippen molar-refractivity contribution in [3.05, 3.63) is 33.1 Å². The third-order valence-electron chi connectivity index (χ3n) is 5.38. The average Bonchev–Trinajstić information content (AvgIpc) is 3.00. The van der Waals surface area contributed by atoms with Gasteiger partial charge in [0.1, 0.15) is 24.3 Å². The molecule has 0 aliphatic carbocycles. The van der Waals surface area contributed by atoms with Crippen LogP contribution in [0.1, 0.15) is 54.7 Å². The van der Waals surface area contributed by atoms with Crippen LogP contribution in [0.2, 0.25) is 0 Å². The Morgan fingerprint density at radius 3 is 2.11 bits per heavy atom. The molecule has 13 nitrogen and oxygen atoms in total. The highest BCUT2D eigenvalue weighted by Crippen LogP contribution is 2.44. The summed E-state index contributed by atoms with van der Waals surface area (Å²) < 4.78 is 38.2. The molecule has 0 saturated carbocycles. The van der Waals surface area contributed by atoms with E-state index in [4.69, 9.17) is 30.5 Å². The van der Waals surface area contributed by atoms with E-state index in [2.05, 4.69) is 10.2 Å². The van der Waals surface area contributed by atoms with Gasteiger partial charge in [0.25, 0.3) is 5.56 Å². The van der Waals surface area contributed by atoms with Crippen molar-refractivity contribution in [3.8, 4) is 0 Å². The van der Waals surface area contributed by atoms with Crippen molar-refractivity contribution >= 4 is 30.3 Å². The summed E-state index contributed by atoms with van der Waals surface area (Å²) in [5, 5.41) is 16.3. The molecule has 2 rings (SSSR count). The number of halogens is 1. The Hall–Kier alpha value is -2.00. The third-order valence-corrected chi connectivity index (χ3v) is 8.30. The lowest BCUT2D eigenvalue weighted by atomic mass is 9.98. The highest BCUT2D eigenvalue weighted by molar-refractivity contribution is 8.10. The molecule has 0 bridgehead atoms. The van der Waals surface area contributed by atoms with Crippen LogP contribution < -0.4 is 21.4 Å². The van der Waals surface area contributed by atoms with E-state index >= 15 is 4.39 Å². The zero-order chi connectivity index (χ0) is 29.0. The number of nitrogens with one attached hydrogen (secondary N) is 3. The van der Waals surface area contributed by atoms with Gasteiger partial charge >= 0.3 is 17.6 Å². The first kappa shape index (κ1) is 32.2. The Labute approximate surface area is 224 Å². The molecule has 1 aliphatic rings. The summed E-state index contributed by atoms with van der Waals surface area (Å²) in [6.45, 7) is 6.80. The number of aromatic nitrogens is 2. The summed E-state index contributed by atoms with van der Waals surface area (Å²) >= 11 is 5.63. The van der Waals surface area contributed by atoms with Crippen LogP contribution >= 0.6 is 6.57 Å². The number of aliphatic hydroxyl groups excluding tert-OH is 1. The van der Waals surface area contributed by atoms with Crippen molar-refractivity contribution in [1.82, 2.24) is 19.7 Å². The van der Waals surface area contributed by atoms with E-state index in [9.17, 15) is 24.3 Å². The van der Waals surface area contributed by atoms with Crippen molar-refractivity contribution in [2.24, 2.45) is 0 Å². The number of ether oxygens (including phenoxy) is 3. The number of alkyl halides is 1. The zero-order valence-electron chi connectivity index (χ0n) is 22.3. The number of H-pyrrole nitrogens is 1. The number of esters is 2. The van der Waals surface area contributed by atoms with Gasteiger partial charge in [0.05, 0.1) is 18.8 Å². The first-order valence-corrected chi connectivity index (χ1v) is 14.7. The summed E-state index contributed by atoms with van der Waals surface area (Å²) in [5.74, 6) is -1.24. The van der Waals surface area contributed by atoms with E-state index in [0.717, 1.165) is 23.8 Å². The van der Waals surface area contributed by atoms with E-state index in [-0.39, 0.29) is 0 Å². The van der Waals surface area contributed by atoms with Crippen LogP contribution in [0, 0.1) is 0 Å². The Balaban J connectivity index is 2.25. The van der Waals surface area contributed by atoms with Gasteiger partial charge in [0.15, 0.2) is 18.5 Å². The molecule has 16 heteroatoms. The van der Waals surface area contributed by atoms with Crippen LogP contribution in [0.5, 0.6) is 0 Å². The van der Waals surface area contributed by atoms with Crippen LogP contribution in [0.25, 0.3) is 0 Å². The number of hydrogen-bond acceptors (Lipinski definition) is 10. The second-order valence-corrected chi connectivity index (χ2v) is 13.1. The third kappa shape index (κ3) is 8.25. The predicted octanol–water partition coefficient (Wildman–Crippen LogP) is 0.624. The van der Waals surface area contributed by atoms with Crippen molar-refractivity contribution in [3.63, 3.8) is 0 Å². The molecular weight excluding hydrogens is 546 g/mol. The smallest absolute Gasteiger partial charge is 0.330 e. The highest BCUT2D eigenvalue weighted by Gasteiger charge is 2.55. The Kier molecular flexibility index (Phi) is 10.9. The van der Waals surface area contributed by atoms with Gasteiger partial charge < -0.3 is 23.8 Å². The highest BCUT2D eigenvalue weighted by atomic mass is 32.4. The van der Waals surface area contributed by atoms with Crippen LogP contribution in [0.3, 0.4) is 0 Å². The Bertz CT molecular complexity index is 1120. The molecule has 1 saturated heterocycles. The monoisotopic (exact) mass is 582 g/mol. The number of nitrogens with zero attached hydrogens (tertiary/aromatic N) is 1. The quantitative estimate of drug-likeness (QED) is 0.200. The molecule has 1 fully saturated rings. The van der Waals surface area contributed by atoms with E-state index in [1.807, 2.05) is 4.98 Å². The number of aliphatic hydroxyl groups is 1. The van der Waals surface area contributed by atoms with Crippen molar-refractivity contribution < 1.29 is 37.8 Å².